The first-order valence-electron chi connectivity index (χ1n) is 24.6. The number of hydrogen-bond donors (Lipinski definition) is 5. The van der Waals surface area contributed by atoms with Gasteiger partial charge in [0.2, 0.25) is 5.91 Å². The third-order valence-electron chi connectivity index (χ3n) is 14.8. The van der Waals surface area contributed by atoms with E-state index in [2.05, 4.69) is 34.0 Å². The smallest absolute Gasteiger partial charge is 0.315 e. The average Bonchev–Trinajstić information content (AvgIpc) is 3.71. The zero-order valence-electron chi connectivity index (χ0n) is 42.3. The van der Waals surface area contributed by atoms with Gasteiger partial charge < -0.3 is 59.4 Å². The number of rotatable bonds is 6. The molecule has 2 amide bonds. The minimum Gasteiger partial charge on any atom is -0.507 e. The van der Waals surface area contributed by atoms with Crippen molar-refractivity contribution in [2.75, 3.05) is 65.3 Å². The highest BCUT2D eigenvalue weighted by Gasteiger charge is 2.50. The van der Waals surface area contributed by atoms with E-state index in [0.29, 0.717) is 57.2 Å². The lowest BCUT2D eigenvalue weighted by atomic mass is 9.81. The highest BCUT2D eigenvalue weighted by atomic mass is 16.7. The van der Waals surface area contributed by atoms with Gasteiger partial charge in [0.25, 0.3) is 11.7 Å². The molecule has 2 unspecified atom stereocenters. The number of benzene rings is 2. The molecule has 70 heavy (non-hydrogen) atoms. The lowest BCUT2D eigenvalue weighted by molar-refractivity contribution is -0.160. The standard InChI is InChI=1S/C52H72N6O12/c1-28(2)27-57-20-16-52(17-21-57)54-41-38-39-46(63)33(7)48-40(38)49(65)51(8,70-48)68-24-15-34(67-10)25-35(69-37(60)26-36(59)58-19-12-18-56(9)22-23-58)31(5)45(62)32(6)44(61)29(3)13-11-14-30(4)50(66)53-43(47(39)64)42(41)55-52/h11,13-15,24,28-29,31-32,34-35,44-45,54,61-64H,12,16-23,25-27H2,1-10H3/b13-11+,24-15+,30-14-,53-43?/t29?,31-,32+,34-,35+,44-,45?,51-/m0/s1. The number of aliphatic hydroxyl groups is 2. The first-order valence-corrected chi connectivity index (χ1v) is 24.6. The Bertz CT molecular complexity index is 2590. The third-order valence-corrected chi connectivity index (χ3v) is 14.8. The van der Waals surface area contributed by atoms with Crippen molar-refractivity contribution in [3.8, 4) is 17.2 Å². The van der Waals surface area contributed by atoms with Gasteiger partial charge in [0, 0.05) is 107 Å². The van der Waals surface area contributed by atoms with Crippen molar-refractivity contribution < 1.29 is 58.6 Å². The maximum atomic E-state index is 14.9. The Morgan fingerprint density at radius 1 is 0.943 bits per heavy atom. The fourth-order valence-corrected chi connectivity index (χ4v) is 10.3. The number of Topliss-reactive ketones (excluding diaryl/α,β-unsaturated/α-hetero) is 1. The number of carbonyl (C=O) groups is 4. The van der Waals surface area contributed by atoms with Gasteiger partial charge in [-0.1, -0.05) is 52.8 Å². The summed E-state index contributed by atoms with van der Waals surface area (Å²) in [6.07, 6.45) is 4.78. The number of hydrogen-bond acceptors (Lipinski definition) is 16. The van der Waals surface area contributed by atoms with Crippen LogP contribution in [-0.2, 0) is 28.6 Å². The number of esters is 1. The van der Waals surface area contributed by atoms with Crippen LogP contribution in [-0.4, -0.2) is 155 Å². The fourth-order valence-electron chi connectivity index (χ4n) is 10.3. The van der Waals surface area contributed by atoms with E-state index in [4.69, 9.17) is 23.9 Å². The molecule has 6 aliphatic heterocycles. The lowest BCUT2D eigenvalue weighted by Crippen LogP contribution is -2.47. The van der Waals surface area contributed by atoms with Crippen LogP contribution >= 0.6 is 0 Å². The molecular weight excluding hydrogens is 901 g/mol. The number of ether oxygens (including phenoxy) is 4. The van der Waals surface area contributed by atoms with Gasteiger partial charge in [-0.05, 0) is 45.9 Å². The summed E-state index contributed by atoms with van der Waals surface area (Å²) in [6.45, 7) is 18.8. The van der Waals surface area contributed by atoms with Crippen LogP contribution in [0.4, 0.5) is 5.69 Å². The Balaban J connectivity index is 1.30. The second-order valence-electron chi connectivity index (χ2n) is 20.6. The number of phenols is 2. The van der Waals surface area contributed by atoms with Gasteiger partial charge in [0.05, 0.1) is 41.2 Å². The van der Waals surface area contributed by atoms with Gasteiger partial charge in [-0.25, -0.2) is 4.99 Å². The number of aliphatic hydroxyl groups excluding tert-OH is 2. The maximum absolute atomic E-state index is 14.9. The van der Waals surface area contributed by atoms with E-state index in [-0.39, 0.29) is 62.0 Å². The van der Waals surface area contributed by atoms with Gasteiger partial charge in [-0.3, -0.25) is 24.2 Å². The lowest BCUT2D eigenvalue weighted by Gasteiger charge is -2.38. The van der Waals surface area contributed by atoms with E-state index in [9.17, 15) is 39.6 Å². The molecule has 0 saturated carbocycles. The number of likely N-dealkylation sites (N-methyl/N-ethyl adjacent to an activating group) is 1. The molecule has 0 radical (unpaired) electrons. The number of piperidine rings is 1. The van der Waals surface area contributed by atoms with Crippen LogP contribution in [0.5, 0.6) is 17.2 Å². The zero-order valence-corrected chi connectivity index (χ0v) is 42.3. The van der Waals surface area contributed by atoms with Crippen molar-refractivity contribution in [3.05, 3.63) is 58.0 Å². The summed E-state index contributed by atoms with van der Waals surface area (Å²) in [7, 11) is 3.42. The number of fused-ring (bicyclic) bond motifs is 13. The van der Waals surface area contributed by atoms with Crippen molar-refractivity contribution >= 4 is 40.0 Å². The fraction of sp³-hybridized carbons (Fsp3) is 0.615. The summed E-state index contributed by atoms with van der Waals surface area (Å²) >= 11 is 0. The van der Waals surface area contributed by atoms with Crippen LogP contribution in [0.1, 0.15) is 96.5 Å². The topological polar surface area (TPSA) is 233 Å². The van der Waals surface area contributed by atoms with Crippen molar-refractivity contribution in [1.82, 2.24) is 14.7 Å². The number of allylic oxidation sites excluding steroid dienone is 2. The van der Waals surface area contributed by atoms with Gasteiger partial charge in [-0.15, -0.1) is 0 Å². The van der Waals surface area contributed by atoms with Gasteiger partial charge in [-0.2, -0.15) is 0 Å². The summed E-state index contributed by atoms with van der Waals surface area (Å²) in [5.74, 6) is -6.99. The quantitative estimate of drug-likeness (QED) is 0.156. The molecule has 0 aromatic heterocycles. The molecule has 1 spiro atoms. The predicted molar refractivity (Wildman–Crippen MR) is 261 cm³/mol. The molecule has 0 aliphatic carbocycles. The number of carbonyl (C=O) groups excluding carboxylic acids is 4. The summed E-state index contributed by atoms with van der Waals surface area (Å²) in [5.41, 5.74) is -0.215. The van der Waals surface area contributed by atoms with Crippen molar-refractivity contribution in [2.45, 2.75) is 123 Å². The molecule has 18 nitrogen and oxygen atoms in total. The molecule has 2 saturated heterocycles. The van der Waals surface area contributed by atoms with E-state index in [0.717, 1.165) is 19.5 Å². The van der Waals surface area contributed by atoms with Crippen LogP contribution in [0.3, 0.4) is 0 Å². The van der Waals surface area contributed by atoms with Gasteiger partial charge in [0.1, 0.15) is 40.4 Å². The molecule has 2 fully saturated rings. The summed E-state index contributed by atoms with van der Waals surface area (Å²) in [6, 6.07) is 0. The number of phenolic OH excluding ortho intramolecular Hbond substituents is 2. The molecule has 2 aromatic rings. The third kappa shape index (κ3) is 10.6. The molecule has 18 heteroatoms. The summed E-state index contributed by atoms with van der Waals surface area (Å²) in [4.78, 5) is 71.5. The Morgan fingerprint density at radius 3 is 2.34 bits per heavy atom. The van der Waals surface area contributed by atoms with Crippen LogP contribution < -0.4 is 20.8 Å². The second-order valence-corrected chi connectivity index (χ2v) is 20.6. The monoisotopic (exact) mass is 973 g/mol. The molecular formula is C52H72N6O12. The van der Waals surface area contributed by atoms with Crippen molar-refractivity contribution in [3.63, 3.8) is 0 Å². The number of aromatic hydroxyl groups is 2. The molecule has 6 heterocycles. The van der Waals surface area contributed by atoms with Crippen molar-refractivity contribution in [2.24, 2.45) is 33.7 Å². The highest BCUT2D eigenvalue weighted by Crippen LogP contribution is 2.51. The number of likely N-dealkylation sites (tertiary alicyclic amines) is 1. The second kappa shape index (κ2) is 21.1. The first-order chi connectivity index (χ1) is 33.1. The molecule has 382 valence electrons. The zero-order chi connectivity index (χ0) is 51.0. The Kier molecular flexibility index (Phi) is 15.8. The van der Waals surface area contributed by atoms with E-state index < -0.39 is 83.4 Å². The number of ketones is 1. The molecule has 8 atom stereocenters. The summed E-state index contributed by atoms with van der Waals surface area (Å²) in [5, 5.41) is 51.1. The molecule has 6 aliphatic rings. The number of methoxy groups -OCH3 is 1. The number of nitrogens with one attached hydrogen (secondary N) is 1. The summed E-state index contributed by atoms with van der Waals surface area (Å²) < 4.78 is 24.3. The number of anilines is 1. The van der Waals surface area contributed by atoms with Crippen molar-refractivity contribution in [1.29, 1.82) is 0 Å². The minimum absolute atomic E-state index is 0.0201. The number of amides is 2. The van der Waals surface area contributed by atoms with E-state index in [1.807, 2.05) is 7.05 Å². The normalized spacial score (nSPS) is 30.7. The SMILES string of the molecule is CO[C@H]1/C=C/O[C@@]2(C)Oc3c(C)c(O)c4c(O)c(c5c(c4c3C2=O)NC2(CCN(CC(C)C)CC2)N=5)=NC(=O)/C(C)=C\C=C\C(C)[C@H](O)[C@@H](C)C(O)[C@@H](C)[C@H](OC(=O)CC(=O)N2CCCN(C)CC2)C1. The Labute approximate surface area is 409 Å². The van der Waals surface area contributed by atoms with Crippen LogP contribution in [0.2, 0.25) is 0 Å². The van der Waals surface area contributed by atoms with Gasteiger partial charge in [0.15, 0.2) is 5.75 Å². The predicted octanol–water partition coefficient (Wildman–Crippen LogP) is 4.04. The van der Waals surface area contributed by atoms with Crippen LogP contribution in [0.15, 0.2) is 46.1 Å². The van der Waals surface area contributed by atoms with E-state index in [1.54, 1.807) is 51.7 Å². The largest absolute Gasteiger partial charge is 0.507 e. The Hall–Kier alpha value is -5.40. The van der Waals surface area contributed by atoms with E-state index >= 15 is 0 Å². The van der Waals surface area contributed by atoms with E-state index in [1.165, 1.54) is 32.4 Å². The Morgan fingerprint density at radius 2 is 1.66 bits per heavy atom. The molecule has 5 bridgehead atoms. The number of nitrogens with zero attached hydrogens (tertiary/aromatic N) is 5. The highest BCUT2D eigenvalue weighted by molar-refractivity contribution is 6.21. The molecule has 5 N–H and O–H groups in total. The van der Waals surface area contributed by atoms with Crippen LogP contribution in [0, 0.1) is 30.6 Å². The maximum Gasteiger partial charge on any atom is 0.315 e. The van der Waals surface area contributed by atoms with Crippen LogP contribution in [0.25, 0.3) is 10.8 Å². The average molecular weight is 973 g/mol. The molecule has 8 rings (SSSR count). The minimum atomic E-state index is -2.00. The first kappa shape index (κ1) is 52.4. The van der Waals surface area contributed by atoms with Gasteiger partial charge >= 0.3 is 11.8 Å². The molecule has 2 aromatic carbocycles.